The predicted octanol–water partition coefficient (Wildman–Crippen LogP) is 13.2. The fourth-order valence-corrected chi connectivity index (χ4v) is 6.97. The van der Waals surface area contributed by atoms with Crippen LogP contribution in [0.25, 0.3) is 0 Å². The Labute approximate surface area is 315 Å². The van der Waals surface area contributed by atoms with Gasteiger partial charge in [0.25, 0.3) is 0 Å². The second-order valence-electron chi connectivity index (χ2n) is 15.0. The van der Waals surface area contributed by atoms with Crippen molar-refractivity contribution in [1.29, 1.82) is 0 Å². The van der Waals surface area contributed by atoms with Crippen LogP contribution in [0.3, 0.4) is 0 Å². The van der Waals surface area contributed by atoms with Gasteiger partial charge in [-0.15, -0.1) is 0 Å². The summed E-state index contributed by atoms with van der Waals surface area (Å²) >= 11 is 0. The first kappa shape index (κ1) is 50.1. The average Bonchev–Trinajstić information content (AvgIpc) is 3.10. The van der Waals surface area contributed by atoms with Gasteiger partial charge in [0.15, 0.2) is 6.10 Å². The van der Waals surface area contributed by atoms with Gasteiger partial charge in [0, 0.05) is 12.8 Å². The van der Waals surface area contributed by atoms with Gasteiger partial charge in [0.05, 0.1) is 6.61 Å². The summed E-state index contributed by atoms with van der Waals surface area (Å²) in [5.74, 6) is -0.868. The van der Waals surface area contributed by atoms with Gasteiger partial charge in [-0.25, -0.2) is 4.57 Å². The standard InChI is InChI=1S/C42H83O8P/c1-3-5-7-9-11-13-15-17-18-19-20-21-22-23-24-25-27-29-31-33-35-37-42(44)50-40(39-49-51(45,46)47)38-48-41(43)36-34-32-30-28-26-16-14-12-10-8-6-4-2/h40H,3-39H2,1-2H3,(H2,45,46,47)/t40-/m1/s1. The van der Waals surface area contributed by atoms with E-state index < -0.39 is 32.5 Å². The fourth-order valence-electron chi connectivity index (χ4n) is 6.61. The van der Waals surface area contributed by atoms with Crippen molar-refractivity contribution < 1.29 is 37.9 Å². The quantitative estimate of drug-likeness (QED) is 0.0360. The Kier molecular flexibility index (Phi) is 38.0. The molecular formula is C42H83O8P. The SMILES string of the molecule is CCCCCCCCCCCCCCCCCCCCCCCC(=O)O[C@H](COC(=O)CCCCCCCCCCCCCC)COP(=O)(O)O. The number of phosphoric ester groups is 1. The van der Waals surface area contributed by atoms with Crippen LogP contribution in [0, 0.1) is 0 Å². The minimum absolute atomic E-state index is 0.220. The number of esters is 2. The molecule has 8 nitrogen and oxygen atoms in total. The van der Waals surface area contributed by atoms with Gasteiger partial charge in [-0.1, -0.05) is 213 Å². The molecule has 0 radical (unpaired) electrons. The zero-order valence-electron chi connectivity index (χ0n) is 33.5. The number of carbonyl (C=O) groups is 2. The van der Waals surface area contributed by atoms with Crippen LogP contribution in [0.4, 0.5) is 0 Å². The molecule has 0 spiro atoms. The van der Waals surface area contributed by atoms with Crippen molar-refractivity contribution in [2.45, 2.75) is 245 Å². The van der Waals surface area contributed by atoms with Gasteiger partial charge in [-0.05, 0) is 12.8 Å². The van der Waals surface area contributed by atoms with Gasteiger partial charge in [0.2, 0.25) is 0 Å². The predicted molar refractivity (Wildman–Crippen MR) is 212 cm³/mol. The summed E-state index contributed by atoms with van der Waals surface area (Å²) < 4.78 is 26.4. The molecule has 0 aromatic rings. The maximum atomic E-state index is 12.4. The van der Waals surface area contributed by atoms with Crippen LogP contribution in [0.1, 0.15) is 239 Å². The summed E-state index contributed by atoms with van der Waals surface area (Å²) in [6.45, 7) is 3.71. The minimum Gasteiger partial charge on any atom is -0.462 e. The molecule has 0 fully saturated rings. The molecule has 0 saturated carbocycles. The molecule has 0 aliphatic heterocycles. The Morgan fingerprint density at radius 2 is 0.706 bits per heavy atom. The molecule has 51 heavy (non-hydrogen) atoms. The van der Waals surface area contributed by atoms with E-state index >= 15 is 0 Å². The molecule has 0 aliphatic rings. The summed E-state index contributed by atoms with van der Waals surface area (Å²) in [5, 5.41) is 0. The van der Waals surface area contributed by atoms with Gasteiger partial charge >= 0.3 is 19.8 Å². The second-order valence-corrected chi connectivity index (χ2v) is 16.3. The summed E-state index contributed by atoms with van der Waals surface area (Å²) in [6.07, 6.45) is 41.2. The van der Waals surface area contributed by atoms with E-state index in [1.54, 1.807) is 0 Å². The van der Waals surface area contributed by atoms with E-state index in [0.717, 1.165) is 32.1 Å². The molecule has 2 N–H and O–H groups in total. The Morgan fingerprint density at radius 3 is 1.00 bits per heavy atom. The Hall–Kier alpha value is -0.950. The highest BCUT2D eigenvalue weighted by Crippen LogP contribution is 2.36. The lowest BCUT2D eigenvalue weighted by molar-refractivity contribution is -0.161. The summed E-state index contributed by atoms with van der Waals surface area (Å²) in [7, 11) is -4.74. The number of rotatable bonds is 41. The molecule has 0 aromatic carbocycles. The molecule has 0 aliphatic carbocycles. The normalized spacial score (nSPS) is 12.3. The Morgan fingerprint density at radius 1 is 0.431 bits per heavy atom. The second kappa shape index (κ2) is 38.8. The maximum absolute atomic E-state index is 12.4. The van der Waals surface area contributed by atoms with E-state index in [-0.39, 0.29) is 19.4 Å². The third kappa shape index (κ3) is 41.7. The molecule has 0 aromatic heterocycles. The monoisotopic (exact) mass is 747 g/mol. The molecule has 0 heterocycles. The highest BCUT2D eigenvalue weighted by Gasteiger charge is 2.23. The van der Waals surface area contributed by atoms with Crippen LogP contribution in [0.5, 0.6) is 0 Å². The van der Waals surface area contributed by atoms with E-state index in [2.05, 4.69) is 18.4 Å². The average molecular weight is 747 g/mol. The molecule has 1 atom stereocenters. The summed E-state index contributed by atoms with van der Waals surface area (Å²) in [6, 6.07) is 0. The lowest BCUT2D eigenvalue weighted by atomic mass is 10.0. The van der Waals surface area contributed by atoms with Crippen LogP contribution in [0.2, 0.25) is 0 Å². The fraction of sp³-hybridized carbons (Fsp3) is 0.952. The number of hydrogen-bond donors (Lipinski definition) is 2. The molecule has 304 valence electrons. The lowest BCUT2D eigenvalue weighted by Crippen LogP contribution is -2.29. The minimum atomic E-state index is -4.74. The van der Waals surface area contributed by atoms with Crippen LogP contribution in [-0.2, 0) is 28.2 Å². The topological polar surface area (TPSA) is 119 Å². The van der Waals surface area contributed by atoms with Crippen molar-refractivity contribution in [3.63, 3.8) is 0 Å². The zero-order valence-corrected chi connectivity index (χ0v) is 34.4. The van der Waals surface area contributed by atoms with E-state index in [4.69, 9.17) is 19.3 Å². The highest BCUT2D eigenvalue weighted by atomic mass is 31.2. The third-order valence-corrected chi connectivity index (χ3v) is 10.4. The highest BCUT2D eigenvalue weighted by molar-refractivity contribution is 7.46. The molecular weight excluding hydrogens is 663 g/mol. The molecule has 0 saturated heterocycles. The van der Waals surface area contributed by atoms with Crippen molar-refractivity contribution in [3.8, 4) is 0 Å². The van der Waals surface area contributed by atoms with E-state index in [1.165, 1.54) is 173 Å². The first-order valence-corrected chi connectivity index (χ1v) is 23.4. The number of ether oxygens (including phenoxy) is 2. The number of phosphoric acid groups is 1. The smallest absolute Gasteiger partial charge is 0.462 e. The zero-order chi connectivity index (χ0) is 37.5. The van der Waals surface area contributed by atoms with Gasteiger partial charge < -0.3 is 19.3 Å². The summed E-state index contributed by atoms with van der Waals surface area (Å²) in [5.41, 5.74) is 0. The van der Waals surface area contributed by atoms with E-state index in [0.29, 0.717) is 6.42 Å². The van der Waals surface area contributed by atoms with Crippen LogP contribution < -0.4 is 0 Å². The van der Waals surface area contributed by atoms with Crippen LogP contribution >= 0.6 is 7.82 Å². The number of carbonyl (C=O) groups excluding carboxylic acids is 2. The van der Waals surface area contributed by atoms with Gasteiger partial charge in [0.1, 0.15) is 6.61 Å². The first-order valence-electron chi connectivity index (χ1n) is 21.8. The lowest BCUT2D eigenvalue weighted by Gasteiger charge is -2.18. The van der Waals surface area contributed by atoms with Crippen molar-refractivity contribution in [1.82, 2.24) is 0 Å². The van der Waals surface area contributed by atoms with Crippen molar-refractivity contribution in [2.24, 2.45) is 0 Å². The molecule has 0 bridgehead atoms. The first-order chi connectivity index (χ1) is 24.8. The van der Waals surface area contributed by atoms with Crippen molar-refractivity contribution in [2.75, 3.05) is 13.2 Å². The van der Waals surface area contributed by atoms with Gasteiger partial charge in [-0.2, -0.15) is 0 Å². The van der Waals surface area contributed by atoms with Crippen molar-refractivity contribution in [3.05, 3.63) is 0 Å². The Balaban J connectivity index is 3.80. The number of hydrogen-bond acceptors (Lipinski definition) is 6. The van der Waals surface area contributed by atoms with Crippen molar-refractivity contribution >= 4 is 19.8 Å². The third-order valence-electron chi connectivity index (χ3n) is 9.88. The maximum Gasteiger partial charge on any atom is 0.469 e. The molecule has 9 heteroatoms. The van der Waals surface area contributed by atoms with E-state index in [1.807, 2.05) is 0 Å². The van der Waals surface area contributed by atoms with Crippen LogP contribution in [0.15, 0.2) is 0 Å². The molecule has 0 unspecified atom stereocenters. The Bertz CT molecular complexity index is 802. The van der Waals surface area contributed by atoms with E-state index in [9.17, 15) is 14.2 Å². The van der Waals surface area contributed by atoms with Gasteiger partial charge in [-0.3, -0.25) is 14.1 Å². The molecule has 0 rings (SSSR count). The summed E-state index contributed by atoms with van der Waals surface area (Å²) in [4.78, 5) is 42.8. The largest absolute Gasteiger partial charge is 0.469 e. The van der Waals surface area contributed by atoms with Crippen LogP contribution in [-0.4, -0.2) is 41.0 Å². The number of unbranched alkanes of at least 4 members (excludes halogenated alkanes) is 31. The molecule has 0 amide bonds.